The second kappa shape index (κ2) is 5.25. The molecule has 2 heterocycles. The Morgan fingerprint density at radius 3 is 2.85 bits per heavy atom. The Balaban J connectivity index is 2.25. The Hall–Kier alpha value is -1.28. The summed E-state index contributed by atoms with van der Waals surface area (Å²) in [6.45, 7) is 1.98. The highest BCUT2D eigenvalue weighted by Gasteiger charge is 2.31. The van der Waals surface area contributed by atoms with E-state index >= 15 is 0 Å². The quantitative estimate of drug-likeness (QED) is 0.891. The molecule has 0 amide bonds. The third-order valence-corrected chi connectivity index (χ3v) is 3.48. The minimum absolute atomic E-state index is 0.251. The maximum Gasteiger partial charge on any atom is 0.408 e. The van der Waals surface area contributed by atoms with Crippen molar-refractivity contribution in [3.63, 3.8) is 0 Å². The summed E-state index contributed by atoms with van der Waals surface area (Å²) in [7, 11) is 0. The Kier molecular flexibility index (Phi) is 3.97. The van der Waals surface area contributed by atoms with Crippen molar-refractivity contribution in [2.75, 3.05) is 18.4 Å². The molecule has 20 heavy (non-hydrogen) atoms. The summed E-state index contributed by atoms with van der Waals surface area (Å²) < 4.78 is 37.1. The molecule has 1 aliphatic rings. The predicted octanol–water partition coefficient (Wildman–Crippen LogP) is 1.62. The number of halogens is 4. The fraction of sp³-hybridized carbons (Fsp3) is 0.636. The van der Waals surface area contributed by atoms with Crippen molar-refractivity contribution in [2.24, 2.45) is 0 Å². The van der Waals surface area contributed by atoms with Crippen molar-refractivity contribution in [1.82, 2.24) is 15.1 Å². The van der Waals surface area contributed by atoms with Gasteiger partial charge in [-0.1, -0.05) is 11.6 Å². The number of aromatic nitrogens is 2. The minimum Gasteiger partial charge on any atom is -0.376 e. The van der Waals surface area contributed by atoms with Crippen LogP contribution in [-0.4, -0.2) is 34.6 Å². The summed E-state index contributed by atoms with van der Waals surface area (Å²) in [6, 6.07) is 0. The highest BCUT2D eigenvalue weighted by molar-refractivity contribution is 6.32. The van der Waals surface area contributed by atoms with E-state index in [1.807, 2.05) is 6.92 Å². The van der Waals surface area contributed by atoms with Crippen molar-refractivity contribution < 1.29 is 13.2 Å². The molecule has 2 rings (SSSR count). The Labute approximate surface area is 118 Å². The van der Waals surface area contributed by atoms with Gasteiger partial charge in [0.05, 0.1) is 11.9 Å². The largest absolute Gasteiger partial charge is 0.408 e. The van der Waals surface area contributed by atoms with E-state index in [0.717, 1.165) is 19.2 Å². The summed E-state index contributed by atoms with van der Waals surface area (Å²) in [5.41, 5.74) is -1.00. The number of anilines is 1. The number of hydrogen-bond acceptors (Lipinski definition) is 4. The zero-order chi connectivity index (χ0) is 15.0. The van der Waals surface area contributed by atoms with E-state index in [0.29, 0.717) is 11.2 Å². The fourth-order valence-corrected chi connectivity index (χ4v) is 2.28. The SMILES string of the molecule is CC1(Nc2cnn(CC(F)(F)F)c(=O)c2Cl)CCNC1. The molecule has 1 aliphatic heterocycles. The first-order valence-corrected chi connectivity index (χ1v) is 6.39. The zero-order valence-corrected chi connectivity index (χ0v) is 11.5. The Bertz CT molecular complexity index is 552. The monoisotopic (exact) mass is 310 g/mol. The molecule has 1 aromatic heterocycles. The molecule has 0 radical (unpaired) electrons. The van der Waals surface area contributed by atoms with Crippen LogP contribution >= 0.6 is 11.6 Å². The molecule has 112 valence electrons. The average molecular weight is 311 g/mol. The zero-order valence-electron chi connectivity index (χ0n) is 10.7. The lowest BCUT2D eigenvalue weighted by atomic mass is 10.0. The van der Waals surface area contributed by atoms with Crippen molar-refractivity contribution in [2.45, 2.75) is 31.6 Å². The van der Waals surface area contributed by atoms with Gasteiger partial charge in [-0.3, -0.25) is 4.79 Å². The van der Waals surface area contributed by atoms with Crippen LogP contribution in [0.5, 0.6) is 0 Å². The van der Waals surface area contributed by atoms with Crippen LogP contribution in [0.25, 0.3) is 0 Å². The highest BCUT2D eigenvalue weighted by Crippen LogP contribution is 2.25. The van der Waals surface area contributed by atoms with Crippen LogP contribution in [-0.2, 0) is 6.54 Å². The molecule has 0 aromatic carbocycles. The summed E-state index contributed by atoms with van der Waals surface area (Å²) >= 11 is 5.84. The first-order chi connectivity index (χ1) is 9.20. The number of nitrogens with zero attached hydrogens (tertiary/aromatic N) is 2. The molecule has 1 fully saturated rings. The van der Waals surface area contributed by atoms with Gasteiger partial charge in [0.15, 0.2) is 0 Å². The second-order valence-corrected chi connectivity index (χ2v) is 5.44. The lowest BCUT2D eigenvalue weighted by molar-refractivity contribution is -0.143. The van der Waals surface area contributed by atoms with Crippen LogP contribution in [0.1, 0.15) is 13.3 Å². The molecular weight excluding hydrogens is 297 g/mol. The average Bonchev–Trinajstić information content (AvgIpc) is 2.74. The maximum absolute atomic E-state index is 12.3. The van der Waals surface area contributed by atoms with Crippen molar-refractivity contribution in [3.05, 3.63) is 21.6 Å². The van der Waals surface area contributed by atoms with Gasteiger partial charge < -0.3 is 10.6 Å². The van der Waals surface area contributed by atoms with E-state index in [9.17, 15) is 18.0 Å². The molecule has 0 saturated carbocycles. The third kappa shape index (κ3) is 3.43. The van der Waals surface area contributed by atoms with E-state index < -0.39 is 18.3 Å². The first-order valence-electron chi connectivity index (χ1n) is 6.01. The minimum atomic E-state index is -4.52. The first kappa shape index (κ1) is 15.1. The standard InChI is InChI=1S/C11H14ClF3N4O/c1-10(2-3-16-5-10)18-7-4-17-19(6-11(13,14)15)9(20)8(7)12/h4,16,18H,2-3,5-6H2,1H3. The Morgan fingerprint density at radius 2 is 2.30 bits per heavy atom. The van der Waals surface area contributed by atoms with Crippen LogP contribution in [0, 0.1) is 0 Å². The molecular formula is C11H14ClF3N4O. The smallest absolute Gasteiger partial charge is 0.376 e. The number of alkyl halides is 3. The van der Waals surface area contributed by atoms with Crippen molar-refractivity contribution in [1.29, 1.82) is 0 Å². The lowest BCUT2D eigenvalue weighted by Crippen LogP contribution is -2.38. The van der Waals surface area contributed by atoms with Gasteiger partial charge in [-0.2, -0.15) is 18.3 Å². The molecule has 0 spiro atoms. The molecule has 1 unspecified atom stereocenters. The van der Waals surface area contributed by atoms with Gasteiger partial charge in [0, 0.05) is 12.1 Å². The molecule has 0 aliphatic carbocycles. The third-order valence-electron chi connectivity index (χ3n) is 3.12. The summed E-state index contributed by atoms with van der Waals surface area (Å²) in [5, 5.41) is 9.45. The van der Waals surface area contributed by atoms with Gasteiger partial charge in [0.25, 0.3) is 5.56 Å². The van der Waals surface area contributed by atoms with Gasteiger partial charge in [-0.25, -0.2) is 4.68 Å². The molecule has 2 N–H and O–H groups in total. The van der Waals surface area contributed by atoms with Gasteiger partial charge >= 0.3 is 6.18 Å². The van der Waals surface area contributed by atoms with Gasteiger partial charge in [-0.15, -0.1) is 0 Å². The molecule has 1 saturated heterocycles. The van der Waals surface area contributed by atoms with E-state index in [4.69, 9.17) is 11.6 Å². The molecule has 1 atom stereocenters. The molecule has 1 aromatic rings. The molecule has 0 bridgehead atoms. The lowest BCUT2D eigenvalue weighted by Gasteiger charge is -2.26. The topological polar surface area (TPSA) is 59.0 Å². The number of rotatable bonds is 3. The maximum atomic E-state index is 12.3. The van der Waals surface area contributed by atoms with E-state index in [-0.39, 0.29) is 16.2 Å². The normalized spacial score (nSPS) is 23.1. The van der Waals surface area contributed by atoms with Crippen LogP contribution < -0.4 is 16.2 Å². The van der Waals surface area contributed by atoms with E-state index in [1.54, 1.807) is 0 Å². The van der Waals surface area contributed by atoms with Gasteiger partial charge in [0.2, 0.25) is 0 Å². The molecule has 9 heteroatoms. The van der Waals surface area contributed by atoms with Crippen molar-refractivity contribution >= 4 is 17.3 Å². The summed E-state index contributed by atoms with van der Waals surface area (Å²) in [4.78, 5) is 11.8. The highest BCUT2D eigenvalue weighted by atomic mass is 35.5. The fourth-order valence-electron chi connectivity index (χ4n) is 2.08. The summed E-state index contributed by atoms with van der Waals surface area (Å²) in [6.07, 6.45) is -2.55. The second-order valence-electron chi connectivity index (χ2n) is 5.06. The van der Waals surface area contributed by atoms with Crippen LogP contribution in [0.2, 0.25) is 5.02 Å². The van der Waals surface area contributed by atoms with Gasteiger partial charge in [0.1, 0.15) is 11.6 Å². The van der Waals surface area contributed by atoms with Crippen LogP contribution in [0.4, 0.5) is 18.9 Å². The summed E-state index contributed by atoms with van der Waals surface area (Å²) in [5.74, 6) is 0. The Morgan fingerprint density at radius 1 is 1.60 bits per heavy atom. The van der Waals surface area contributed by atoms with Crippen LogP contribution in [0.3, 0.4) is 0 Å². The van der Waals surface area contributed by atoms with E-state index in [2.05, 4.69) is 15.7 Å². The van der Waals surface area contributed by atoms with E-state index in [1.165, 1.54) is 0 Å². The number of nitrogens with one attached hydrogen (secondary N) is 2. The molecule has 5 nitrogen and oxygen atoms in total. The predicted molar refractivity (Wildman–Crippen MR) is 69.1 cm³/mol. The van der Waals surface area contributed by atoms with Gasteiger partial charge in [-0.05, 0) is 19.9 Å². The van der Waals surface area contributed by atoms with Crippen molar-refractivity contribution in [3.8, 4) is 0 Å². The number of hydrogen-bond donors (Lipinski definition) is 2. The van der Waals surface area contributed by atoms with Crippen LogP contribution in [0.15, 0.2) is 11.0 Å².